The lowest BCUT2D eigenvalue weighted by Crippen LogP contribution is -2.22. The largest absolute Gasteiger partial charge is 0.497 e. The summed E-state index contributed by atoms with van der Waals surface area (Å²) >= 11 is 0. The summed E-state index contributed by atoms with van der Waals surface area (Å²) < 4.78 is 10.2. The van der Waals surface area contributed by atoms with Crippen LogP contribution in [0.15, 0.2) is 12.1 Å². The van der Waals surface area contributed by atoms with Crippen LogP contribution in [0.2, 0.25) is 0 Å². The van der Waals surface area contributed by atoms with Gasteiger partial charge in [0.15, 0.2) is 0 Å². The molecule has 0 atom stereocenters. The Morgan fingerprint density at radius 3 is 2.24 bits per heavy atom. The van der Waals surface area contributed by atoms with Crippen molar-refractivity contribution in [3.05, 3.63) is 28.8 Å². The summed E-state index contributed by atoms with van der Waals surface area (Å²) in [6.45, 7) is 6.93. The van der Waals surface area contributed by atoms with E-state index < -0.39 is 0 Å². The third-order valence-corrected chi connectivity index (χ3v) is 2.94. The van der Waals surface area contributed by atoms with E-state index in [4.69, 9.17) is 9.47 Å². The lowest BCUT2D eigenvalue weighted by Gasteiger charge is -2.12. The second-order valence-electron chi connectivity index (χ2n) is 4.23. The van der Waals surface area contributed by atoms with Gasteiger partial charge in [0.2, 0.25) is 0 Å². The minimum absolute atomic E-state index is 0.764. The molecule has 0 saturated carbocycles. The van der Waals surface area contributed by atoms with Crippen LogP contribution in [-0.2, 0) is 11.2 Å². The summed E-state index contributed by atoms with van der Waals surface area (Å²) in [6.07, 6.45) is 1.05. The maximum Gasteiger partial charge on any atom is 0.119 e. The summed E-state index contributed by atoms with van der Waals surface area (Å²) in [5, 5.41) is 3.36. The maximum absolute atomic E-state index is 5.26. The molecule has 1 N–H and O–H groups in total. The second-order valence-corrected chi connectivity index (χ2v) is 4.23. The van der Waals surface area contributed by atoms with Gasteiger partial charge in [-0.2, -0.15) is 0 Å². The van der Waals surface area contributed by atoms with Gasteiger partial charge in [0.1, 0.15) is 5.75 Å². The average molecular weight is 237 g/mol. The van der Waals surface area contributed by atoms with Gasteiger partial charge in [-0.3, -0.25) is 0 Å². The number of aryl methyl sites for hydroxylation is 2. The zero-order valence-corrected chi connectivity index (χ0v) is 11.3. The smallest absolute Gasteiger partial charge is 0.119 e. The van der Waals surface area contributed by atoms with Crippen molar-refractivity contribution in [2.45, 2.75) is 20.3 Å². The zero-order chi connectivity index (χ0) is 12.7. The number of hydrogen-bond acceptors (Lipinski definition) is 3. The molecule has 0 fully saturated rings. The second kappa shape index (κ2) is 7.30. The molecule has 0 amide bonds. The molecule has 0 aliphatic carbocycles. The van der Waals surface area contributed by atoms with Crippen LogP contribution < -0.4 is 10.1 Å². The van der Waals surface area contributed by atoms with Crippen molar-refractivity contribution < 1.29 is 9.47 Å². The Kier molecular flexibility index (Phi) is 6.01. The molecule has 1 aromatic carbocycles. The van der Waals surface area contributed by atoms with Crippen LogP contribution >= 0.6 is 0 Å². The summed E-state index contributed by atoms with van der Waals surface area (Å²) in [7, 11) is 3.43. The minimum atomic E-state index is 0.764. The molecule has 96 valence electrons. The Bertz CT molecular complexity index is 327. The SMILES string of the molecule is COCCNCCc1c(C)cc(OC)cc1C. The molecule has 0 unspecified atom stereocenters. The quantitative estimate of drug-likeness (QED) is 0.737. The van der Waals surface area contributed by atoms with Gasteiger partial charge in [0.05, 0.1) is 13.7 Å². The summed E-state index contributed by atoms with van der Waals surface area (Å²) in [5.74, 6) is 0.941. The molecule has 0 heterocycles. The van der Waals surface area contributed by atoms with Gasteiger partial charge < -0.3 is 14.8 Å². The molecule has 0 aliphatic heterocycles. The molecule has 0 bridgehead atoms. The van der Waals surface area contributed by atoms with Crippen molar-refractivity contribution in [1.29, 1.82) is 0 Å². The van der Waals surface area contributed by atoms with Gasteiger partial charge in [0, 0.05) is 13.7 Å². The van der Waals surface area contributed by atoms with E-state index in [1.165, 1.54) is 16.7 Å². The molecule has 0 aliphatic rings. The highest BCUT2D eigenvalue weighted by molar-refractivity contribution is 5.41. The highest BCUT2D eigenvalue weighted by Gasteiger charge is 2.05. The summed E-state index contributed by atoms with van der Waals surface area (Å²) in [5.41, 5.74) is 4.02. The molecule has 3 nitrogen and oxygen atoms in total. The van der Waals surface area contributed by atoms with Crippen LogP contribution in [-0.4, -0.2) is 33.9 Å². The first-order valence-electron chi connectivity index (χ1n) is 6.02. The number of nitrogens with one attached hydrogen (secondary N) is 1. The average Bonchev–Trinajstić information content (AvgIpc) is 2.31. The van der Waals surface area contributed by atoms with E-state index in [2.05, 4.69) is 31.3 Å². The normalized spacial score (nSPS) is 10.6. The molecule has 0 aromatic heterocycles. The first kappa shape index (κ1) is 14.0. The van der Waals surface area contributed by atoms with E-state index in [9.17, 15) is 0 Å². The molecule has 3 heteroatoms. The number of ether oxygens (including phenoxy) is 2. The highest BCUT2D eigenvalue weighted by atomic mass is 16.5. The van der Waals surface area contributed by atoms with Crippen LogP contribution in [0.4, 0.5) is 0 Å². The third kappa shape index (κ3) is 4.36. The van der Waals surface area contributed by atoms with E-state index >= 15 is 0 Å². The van der Waals surface area contributed by atoms with Gasteiger partial charge in [-0.1, -0.05) is 0 Å². The molecule has 1 rings (SSSR count). The van der Waals surface area contributed by atoms with Crippen molar-refractivity contribution in [2.24, 2.45) is 0 Å². The number of benzene rings is 1. The molecular formula is C14H23NO2. The minimum Gasteiger partial charge on any atom is -0.497 e. The zero-order valence-electron chi connectivity index (χ0n) is 11.3. The van der Waals surface area contributed by atoms with E-state index in [1.807, 2.05) is 0 Å². The van der Waals surface area contributed by atoms with E-state index in [1.54, 1.807) is 14.2 Å². The predicted molar refractivity (Wildman–Crippen MR) is 70.9 cm³/mol. The van der Waals surface area contributed by atoms with Crippen LogP contribution in [0.5, 0.6) is 5.75 Å². The molecular weight excluding hydrogens is 214 g/mol. The maximum atomic E-state index is 5.26. The van der Waals surface area contributed by atoms with Gasteiger partial charge in [-0.05, 0) is 55.6 Å². The van der Waals surface area contributed by atoms with Gasteiger partial charge >= 0.3 is 0 Å². The Morgan fingerprint density at radius 1 is 1.06 bits per heavy atom. The Labute approximate surface area is 104 Å². The Morgan fingerprint density at radius 2 is 1.71 bits per heavy atom. The Hall–Kier alpha value is -1.06. The van der Waals surface area contributed by atoms with Crippen molar-refractivity contribution in [3.8, 4) is 5.75 Å². The topological polar surface area (TPSA) is 30.5 Å². The highest BCUT2D eigenvalue weighted by Crippen LogP contribution is 2.21. The predicted octanol–water partition coefficient (Wildman–Crippen LogP) is 2.09. The van der Waals surface area contributed by atoms with Gasteiger partial charge in [-0.15, -0.1) is 0 Å². The number of hydrogen-bond donors (Lipinski definition) is 1. The van der Waals surface area contributed by atoms with Crippen LogP contribution in [0, 0.1) is 13.8 Å². The van der Waals surface area contributed by atoms with Gasteiger partial charge in [-0.25, -0.2) is 0 Å². The fraction of sp³-hybridized carbons (Fsp3) is 0.571. The Balaban J connectivity index is 2.53. The lowest BCUT2D eigenvalue weighted by atomic mass is 9.99. The van der Waals surface area contributed by atoms with E-state index in [-0.39, 0.29) is 0 Å². The molecule has 0 radical (unpaired) electrons. The van der Waals surface area contributed by atoms with Crippen LogP contribution in [0.1, 0.15) is 16.7 Å². The van der Waals surface area contributed by atoms with Crippen molar-refractivity contribution in [1.82, 2.24) is 5.32 Å². The number of methoxy groups -OCH3 is 2. The first-order chi connectivity index (χ1) is 8.19. The van der Waals surface area contributed by atoms with Crippen molar-refractivity contribution in [2.75, 3.05) is 33.9 Å². The molecule has 0 spiro atoms. The van der Waals surface area contributed by atoms with Crippen LogP contribution in [0.25, 0.3) is 0 Å². The summed E-state index contributed by atoms with van der Waals surface area (Å²) in [4.78, 5) is 0. The fourth-order valence-corrected chi connectivity index (χ4v) is 1.98. The fourth-order valence-electron chi connectivity index (χ4n) is 1.98. The van der Waals surface area contributed by atoms with E-state index in [0.717, 1.165) is 31.9 Å². The standard InChI is InChI=1S/C14H23NO2/c1-11-9-13(17-4)10-12(2)14(11)5-6-15-7-8-16-3/h9-10,15H,5-8H2,1-4H3. The third-order valence-electron chi connectivity index (χ3n) is 2.94. The molecule has 1 aromatic rings. The van der Waals surface area contributed by atoms with Crippen molar-refractivity contribution in [3.63, 3.8) is 0 Å². The van der Waals surface area contributed by atoms with Gasteiger partial charge in [0.25, 0.3) is 0 Å². The molecule has 0 saturated heterocycles. The van der Waals surface area contributed by atoms with Crippen LogP contribution in [0.3, 0.4) is 0 Å². The van der Waals surface area contributed by atoms with E-state index in [0.29, 0.717) is 0 Å². The lowest BCUT2D eigenvalue weighted by molar-refractivity contribution is 0.199. The molecule has 17 heavy (non-hydrogen) atoms. The van der Waals surface area contributed by atoms with Crippen molar-refractivity contribution >= 4 is 0 Å². The number of rotatable bonds is 7. The monoisotopic (exact) mass is 237 g/mol. The summed E-state index contributed by atoms with van der Waals surface area (Å²) in [6, 6.07) is 4.19. The first-order valence-corrected chi connectivity index (χ1v) is 6.02.